The molecule has 31 heavy (non-hydrogen) atoms. The van der Waals surface area contributed by atoms with E-state index >= 15 is 0 Å². The van der Waals surface area contributed by atoms with Crippen LogP contribution in [0.15, 0.2) is 53.4 Å². The molecule has 1 saturated heterocycles. The largest absolute Gasteiger partial charge is 0.320 e. The van der Waals surface area contributed by atoms with E-state index in [9.17, 15) is 13.2 Å². The van der Waals surface area contributed by atoms with E-state index in [4.69, 9.17) is 0 Å². The fourth-order valence-electron chi connectivity index (χ4n) is 3.53. The third kappa shape index (κ3) is 4.84. The number of sulfonamides is 1. The molecular weight excluding hydrogens is 432 g/mol. The Kier molecular flexibility index (Phi) is 6.17. The molecule has 1 aliphatic rings. The van der Waals surface area contributed by atoms with Gasteiger partial charge < -0.3 is 5.32 Å². The Bertz CT molecular complexity index is 1170. The second-order valence-electron chi connectivity index (χ2n) is 7.78. The first-order valence-electron chi connectivity index (χ1n) is 10.1. The van der Waals surface area contributed by atoms with E-state index in [0.29, 0.717) is 28.7 Å². The third-order valence-corrected chi connectivity index (χ3v) is 8.30. The number of nitrogens with zero attached hydrogens (tertiary/aromatic N) is 3. The van der Waals surface area contributed by atoms with Crippen LogP contribution in [0.25, 0.3) is 0 Å². The van der Waals surface area contributed by atoms with Crippen molar-refractivity contribution in [3.63, 3.8) is 0 Å². The molecule has 0 spiro atoms. The fourth-order valence-corrected chi connectivity index (χ4v) is 5.92. The van der Waals surface area contributed by atoms with Gasteiger partial charge in [0.15, 0.2) is 0 Å². The zero-order chi connectivity index (χ0) is 22.0. The first kappa shape index (κ1) is 21.6. The fraction of sp³-hybridized carbons (Fsp3) is 0.318. The molecule has 1 aromatic heterocycles. The van der Waals surface area contributed by atoms with Gasteiger partial charge in [0, 0.05) is 24.7 Å². The van der Waals surface area contributed by atoms with Gasteiger partial charge in [0.2, 0.25) is 15.0 Å². The highest BCUT2D eigenvalue weighted by Gasteiger charge is 2.32. The molecule has 4 rings (SSSR count). The summed E-state index contributed by atoms with van der Waals surface area (Å²) in [6, 6.07) is 14.4. The Morgan fingerprint density at radius 3 is 2.35 bits per heavy atom. The van der Waals surface area contributed by atoms with Gasteiger partial charge in [0.05, 0.1) is 4.90 Å². The van der Waals surface area contributed by atoms with Crippen molar-refractivity contribution in [1.82, 2.24) is 14.5 Å². The molecule has 1 N–H and O–H groups in total. The van der Waals surface area contributed by atoms with Crippen LogP contribution in [-0.2, 0) is 10.0 Å². The average Bonchev–Trinajstić information content (AvgIpc) is 3.26. The lowest BCUT2D eigenvalue weighted by Crippen LogP contribution is -2.39. The van der Waals surface area contributed by atoms with E-state index in [0.717, 1.165) is 24.0 Å². The SMILES string of the molecule is Cc1ccc(NC(=O)c2nnc([C@@H]3CCCN(S(=O)(=O)c4ccc(C)cc4)C3)s2)cc1. The minimum Gasteiger partial charge on any atom is -0.320 e. The monoisotopic (exact) mass is 456 g/mol. The third-order valence-electron chi connectivity index (χ3n) is 5.34. The summed E-state index contributed by atoms with van der Waals surface area (Å²) in [5.41, 5.74) is 2.82. The molecular formula is C22H24N4O3S2. The van der Waals surface area contributed by atoms with E-state index in [1.807, 2.05) is 38.1 Å². The van der Waals surface area contributed by atoms with Crippen LogP contribution in [0.2, 0.25) is 0 Å². The van der Waals surface area contributed by atoms with Gasteiger partial charge in [-0.3, -0.25) is 4.79 Å². The second kappa shape index (κ2) is 8.86. The molecule has 0 radical (unpaired) electrons. The number of rotatable bonds is 5. The number of nitrogens with one attached hydrogen (secondary N) is 1. The van der Waals surface area contributed by atoms with Gasteiger partial charge in [-0.15, -0.1) is 10.2 Å². The zero-order valence-corrected chi connectivity index (χ0v) is 19.0. The van der Waals surface area contributed by atoms with Crippen LogP contribution in [0.1, 0.15) is 44.7 Å². The Morgan fingerprint density at radius 1 is 1.03 bits per heavy atom. The Labute approximate surface area is 186 Å². The van der Waals surface area contributed by atoms with Gasteiger partial charge >= 0.3 is 0 Å². The number of benzene rings is 2. The summed E-state index contributed by atoms with van der Waals surface area (Å²) in [6.07, 6.45) is 1.55. The summed E-state index contributed by atoms with van der Waals surface area (Å²) in [4.78, 5) is 12.8. The molecule has 0 aliphatic carbocycles. The summed E-state index contributed by atoms with van der Waals surface area (Å²) in [5.74, 6) is -0.389. The van der Waals surface area contributed by atoms with E-state index in [2.05, 4.69) is 15.5 Å². The number of piperidine rings is 1. The van der Waals surface area contributed by atoms with Crippen molar-refractivity contribution in [2.45, 2.75) is 37.5 Å². The molecule has 1 fully saturated rings. The van der Waals surface area contributed by atoms with Gasteiger partial charge in [0.25, 0.3) is 5.91 Å². The highest BCUT2D eigenvalue weighted by Crippen LogP contribution is 2.32. The van der Waals surface area contributed by atoms with Crippen molar-refractivity contribution >= 4 is 33.0 Å². The van der Waals surface area contributed by atoms with Crippen LogP contribution in [0.4, 0.5) is 5.69 Å². The Morgan fingerprint density at radius 2 is 1.68 bits per heavy atom. The summed E-state index contributed by atoms with van der Waals surface area (Å²) < 4.78 is 27.6. The smallest absolute Gasteiger partial charge is 0.286 e. The number of hydrogen-bond donors (Lipinski definition) is 1. The van der Waals surface area contributed by atoms with Gasteiger partial charge in [-0.1, -0.05) is 46.7 Å². The Hall–Kier alpha value is -2.62. The summed E-state index contributed by atoms with van der Waals surface area (Å²) in [7, 11) is -3.56. The number of hydrogen-bond acceptors (Lipinski definition) is 6. The lowest BCUT2D eigenvalue weighted by molar-refractivity contribution is 0.102. The molecule has 0 saturated carbocycles. The summed E-state index contributed by atoms with van der Waals surface area (Å²) in [5, 5.41) is 12.0. The molecule has 2 aromatic carbocycles. The number of aromatic nitrogens is 2. The molecule has 162 valence electrons. The van der Waals surface area contributed by atoms with Crippen molar-refractivity contribution in [3.05, 3.63) is 69.7 Å². The van der Waals surface area contributed by atoms with Crippen molar-refractivity contribution < 1.29 is 13.2 Å². The van der Waals surface area contributed by atoms with E-state index in [1.54, 1.807) is 24.3 Å². The van der Waals surface area contributed by atoms with Gasteiger partial charge in [-0.25, -0.2) is 8.42 Å². The van der Waals surface area contributed by atoms with Crippen LogP contribution in [0.5, 0.6) is 0 Å². The van der Waals surface area contributed by atoms with Crippen molar-refractivity contribution in [1.29, 1.82) is 0 Å². The zero-order valence-electron chi connectivity index (χ0n) is 17.4. The van der Waals surface area contributed by atoms with Crippen molar-refractivity contribution in [3.8, 4) is 0 Å². The topological polar surface area (TPSA) is 92.3 Å². The number of aryl methyl sites for hydroxylation is 2. The van der Waals surface area contributed by atoms with E-state index in [-0.39, 0.29) is 16.8 Å². The minimum atomic E-state index is -3.56. The van der Waals surface area contributed by atoms with Crippen molar-refractivity contribution in [2.75, 3.05) is 18.4 Å². The second-order valence-corrected chi connectivity index (χ2v) is 10.7. The number of amides is 1. The minimum absolute atomic E-state index is 0.0765. The van der Waals surface area contributed by atoms with Gasteiger partial charge in [-0.2, -0.15) is 4.31 Å². The first-order valence-corrected chi connectivity index (χ1v) is 12.4. The van der Waals surface area contributed by atoms with Crippen LogP contribution >= 0.6 is 11.3 Å². The average molecular weight is 457 g/mol. The van der Waals surface area contributed by atoms with Gasteiger partial charge in [-0.05, 0) is 51.0 Å². The van der Waals surface area contributed by atoms with Crippen LogP contribution in [-0.4, -0.2) is 41.9 Å². The lowest BCUT2D eigenvalue weighted by Gasteiger charge is -2.30. The molecule has 7 nitrogen and oxygen atoms in total. The molecule has 0 bridgehead atoms. The normalized spacial score (nSPS) is 17.4. The summed E-state index contributed by atoms with van der Waals surface area (Å²) in [6.45, 7) is 4.72. The molecule has 1 atom stereocenters. The Balaban J connectivity index is 1.46. The van der Waals surface area contributed by atoms with Crippen LogP contribution < -0.4 is 5.32 Å². The molecule has 1 amide bonds. The molecule has 3 aromatic rings. The maximum absolute atomic E-state index is 13.0. The van der Waals surface area contributed by atoms with Crippen molar-refractivity contribution in [2.24, 2.45) is 0 Å². The predicted molar refractivity (Wildman–Crippen MR) is 121 cm³/mol. The standard InChI is InChI=1S/C22H24N4O3S2/c1-15-5-9-18(10-6-15)23-20(27)22-25-24-21(30-22)17-4-3-13-26(14-17)31(28,29)19-11-7-16(2)8-12-19/h5-12,17H,3-4,13-14H2,1-2H3,(H,23,27)/t17-/m1/s1. The van der Waals surface area contributed by atoms with Crippen LogP contribution in [0.3, 0.4) is 0 Å². The molecule has 1 aliphatic heterocycles. The quantitative estimate of drug-likeness (QED) is 0.627. The maximum Gasteiger partial charge on any atom is 0.286 e. The maximum atomic E-state index is 13.0. The predicted octanol–water partition coefficient (Wildman–Crippen LogP) is 3.98. The summed E-state index contributed by atoms with van der Waals surface area (Å²) >= 11 is 1.22. The highest BCUT2D eigenvalue weighted by molar-refractivity contribution is 7.89. The first-order chi connectivity index (χ1) is 14.8. The molecule has 2 heterocycles. The molecule has 0 unspecified atom stereocenters. The van der Waals surface area contributed by atoms with Gasteiger partial charge in [0.1, 0.15) is 5.01 Å². The van der Waals surface area contributed by atoms with Crippen LogP contribution in [0, 0.1) is 13.8 Å². The van der Waals surface area contributed by atoms with E-state index in [1.165, 1.54) is 15.6 Å². The lowest BCUT2D eigenvalue weighted by atomic mass is 10.0. The number of carbonyl (C=O) groups excluding carboxylic acids is 1. The number of anilines is 1. The van der Waals surface area contributed by atoms with E-state index < -0.39 is 10.0 Å². The molecule has 9 heteroatoms. The number of carbonyl (C=O) groups is 1. The highest BCUT2D eigenvalue weighted by atomic mass is 32.2.